The molecule has 1 aliphatic rings. The second kappa shape index (κ2) is 8.92. The van der Waals surface area contributed by atoms with Gasteiger partial charge in [0.15, 0.2) is 0 Å². The van der Waals surface area contributed by atoms with E-state index < -0.39 is 0 Å². The van der Waals surface area contributed by atoms with Gasteiger partial charge in [0, 0.05) is 12.6 Å². The summed E-state index contributed by atoms with van der Waals surface area (Å²) in [7, 11) is 0. The van der Waals surface area contributed by atoms with E-state index in [1.54, 1.807) is 0 Å². The van der Waals surface area contributed by atoms with Crippen LogP contribution in [0.25, 0.3) is 0 Å². The van der Waals surface area contributed by atoms with E-state index in [9.17, 15) is 0 Å². The summed E-state index contributed by atoms with van der Waals surface area (Å²) in [6, 6.07) is 0.766. The molecule has 0 aliphatic heterocycles. The van der Waals surface area contributed by atoms with E-state index in [0.717, 1.165) is 24.4 Å². The zero-order valence-corrected chi connectivity index (χ0v) is 13.0. The minimum atomic E-state index is 0.766. The third-order valence-electron chi connectivity index (χ3n) is 4.48. The molecule has 0 aromatic rings. The van der Waals surface area contributed by atoms with Crippen LogP contribution in [0, 0.1) is 11.8 Å². The molecule has 1 aliphatic carbocycles. The van der Waals surface area contributed by atoms with Crippen LogP contribution in [0.15, 0.2) is 0 Å². The van der Waals surface area contributed by atoms with Gasteiger partial charge in [-0.05, 0) is 57.2 Å². The fourth-order valence-corrected chi connectivity index (χ4v) is 3.32. The van der Waals surface area contributed by atoms with Crippen molar-refractivity contribution in [1.82, 2.24) is 10.2 Å². The van der Waals surface area contributed by atoms with Crippen molar-refractivity contribution < 1.29 is 0 Å². The Morgan fingerprint density at radius 3 is 2.56 bits per heavy atom. The van der Waals surface area contributed by atoms with Crippen LogP contribution < -0.4 is 5.32 Å². The summed E-state index contributed by atoms with van der Waals surface area (Å²) >= 11 is 0. The Bertz CT molecular complexity index is 205. The predicted octanol–water partition coefficient (Wildman–Crippen LogP) is 3.52. The molecule has 108 valence electrons. The van der Waals surface area contributed by atoms with Crippen molar-refractivity contribution in [2.45, 2.75) is 65.8 Å². The molecule has 0 saturated heterocycles. The highest BCUT2D eigenvalue weighted by Gasteiger charge is 2.28. The van der Waals surface area contributed by atoms with E-state index in [4.69, 9.17) is 0 Å². The smallest absolute Gasteiger partial charge is 0.0108 e. The lowest BCUT2D eigenvalue weighted by Crippen LogP contribution is -2.45. The second-order valence-corrected chi connectivity index (χ2v) is 6.09. The van der Waals surface area contributed by atoms with Crippen LogP contribution in [-0.4, -0.2) is 37.1 Å². The van der Waals surface area contributed by atoms with Crippen LogP contribution >= 0.6 is 0 Å². The molecule has 1 saturated carbocycles. The first kappa shape index (κ1) is 16.0. The first-order valence-electron chi connectivity index (χ1n) is 8.16. The predicted molar refractivity (Wildman–Crippen MR) is 81.0 cm³/mol. The highest BCUT2D eigenvalue weighted by Crippen LogP contribution is 2.29. The van der Waals surface area contributed by atoms with Crippen molar-refractivity contribution in [3.8, 4) is 0 Å². The third-order valence-corrected chi connectivity index (χ3v) is 4.48. The minimum Gasteiger partial charge on any atom is -0.314 e. The average Bonchev–Trinajstić information content (AvgIpc) is 2.37. The largest absolute Gasteiger partial charge is 0.314 e. The molecule has 0 spiro atoms. The van der Waals surface area contributed by atoms with Gasteiger partial charge in [-0.2, -0.15) is 0 Å². The van der Waals surface area contributed by atoms with Gasteiger partial charge in [-0.15, -0.1) is 0 Å². The van der Waals surface area contributed by atoms with Crippen molar-refractivity contribution in [1.29, 1.82) is 0 Å². The van der Waals surface area contributed by atoms with Crippen LogP contribution in [0.1, 0.15) is 59.8 Å². The molecular formula is C16H34N2. The number of nitrogens with zero attached hydrogens (tertiary/aromatic N) is 1. The molecule has 0 radical (unpaired) electrons. The molecule has 1 rings (SSSR count). The Morgan fingerprint density at radius 1 is 1.17 bits per heavy atom. The molecule has 3 atom stereocenters. The monoisotopic (exact) mass is 254 g/mol. The van der Waals surface area contributed by atoms with Crippen LogP contribution in [-0.2, 0) is 0 Å². The Balaban J connectivity index is 2.47. The molecule has 0 heterocycles. The topological polar surface area (TPSA) is 15.3 Å². The standard InChI is InChI=1S/C16H34N2/c1-5-8-11-18(7-3)13-15-12-14(4)9-10-16(15)17-6-2/h14-17H,5-13H2,1-4H3. The van der Waals surface area contributed by atoms with Crippen LogP contribution in [0.4, 0.5) is 0 Å². The molecule has 0 bridgehead atoms. The maximum Gasteiger partial charge on any atom is 0.0108 e. The Kier molecular flexibility index (Phi) is 7.92. The minimum absolute atomic E-state index is 0.766. The highest BCUT2D eigenvalue weighted by atomic mass is 15.1. The average molecular weight is 254 g/mol. The van der Waals surface area contributed by atoms with Crippen molar-refractivity contribution in [2.75, 3.05) is 26.2 Å². The Morgan fingerprint density at radius 2 is 1.94 bits per heavy atom. The molecule has 1 fully saturated rings. The molecule has 1 N–H and O–H groups in total. The number of rotatable bonds is 8. The number of unbranched alkanes of at least 4 members (excludes halogenated alkanes) is 1. The zero-order chi connectivity index (χ0) is 13.4. The molecular weight excluding hydrogens is 220 g/mol. The molecule has 0 amide bonds. The van der Waals surface area contributed by atoms with Gasteiger partial charge in [-0.25, -0.2) is 0 Å². The van der Waals surface area contributed by atoms with Gasteiger partial charge in [0.1, 0.15) is 0 Å². The number of hydrogen-bond donors (Lipinski definition) is 1. The lowest BCUT2D eigenvalue weighted by atomic mass is 9.78. The normalized spacial score (nSPS) is 28.8. The van der Waals surface area contributed by atoms with E-state index in [-0.39, 0.29) is 0 Å². The fourth-order valence-electron chi connectivity index (χ4n) is 3.32. The quantitative estimate of drug-likeness (QED) is 0.713. The number of hydrogen-bond acceptors (Lipinski definition) is 2. The van der Waals surface area contributed by atoms with Crippen molar-refractivity contribution in [3.63, 3.8) is 0 Å². The van der Waals surface area contributed by atoms with Crippen molar-refractivity contribution in [3.05, 3.63) is 0 Å². The Labute approximate surface area is 115 Å². The first-order valence-corrected chi connectivity index (χ1v) is 8.16. The van der Waals surface area contributed by atoms with E-state index in [0.29, 0.717) is 0 Å². The summed E-state index contributed by atoms with van der Waals surface area (Å²) in [6.07, 6.45) is 6.87. The number of nitrogens with one attached hydrogen (secondary N) is 1. The third kappa shape index (κ3) is 5.27. The lowest BCUT2D eigenvalue weighted by molar-refractivity contribution is 0.148. The summed E-state index contributed by atoms with van der Waals surface area (Å²) < 4.78 is 0. The summed E-state index contributed by atoms with van der Waals surface area (Å²) in [5, 5.41) is 3.71. The van der Waals surface area contributed by atoms with Crippen molar-refractivity contribution in [2.24, 2.45) is 11.8 Å². The van der Waals surface area contributed by atoms with Gasteiger partial charge in [0.25, 0.3) is 0 Å². The van der Waals surface area contributed by atoms with Gasteiger partial charge < -0.3 is 10.2 Å². The maximum absolute atomic E-state index is 3.71. The Hall–Kier alpha value is -0.0800. The summed E-state index contributed by atoms with van der Waals surface area (Å²) in [5.74, 6) is 1.79. The SMILES string of the molecule is CCCCN(CC)CC1CC(C)CCC1NCC. The molecule has 2 nitrogen and oxygen atoms in total. The molecule has 18 heavy (non-hydrogen) atoms. The van der Waals surface area contributed by atoms with Crippen LogP contribution in [0.5, 0.6) is 0 Å². The van der Waals surface area contributed by atoms with Crippen molar-refractivity contribution >= 4 is 0 Å². The van der Waals surface area contributed by atoms with E-state index in [1.165, 1.54) is 51.7 Å². The van der Waals surface area contributed by atoms with Gasteiger partial charge in [-0.1, -0.05) is 34.1 Å². The van der Waals surface area contributed by atoms with E-state index in [1.807, 2.05) is 0 Å². The lowest BCUT2D eigenvalue weighted by Gasteiger charge is -2.38. The highest BCUT2D eigenvalue weighted by molar-refractivity contribution is 4.85. The zero-order valence-electron chi connectivity index (χ0n) is 13.0. The van der Waals surface area contributed by atoms with Gasteiger partial charge in [0.05, 0.1) is 0 Å². The van der Waals surface area contributed by atoms with Gasteiger partial charge >= 0.3 is 0 Å². The van der Waals surface area contributed by atoms with Gasteiger partial charge in [0.2, 0.25) is 0 Å². The maximum atomic E-state index is 3.71. The first-order chi connectivity index (χ1) is 8.71. The fraction of sp³-hybridized carbons (Fsp3) is 1.00. The molecule has 0 aromatic carbocycles. The second-order valence-electron chi connectivity index (χ2n) is 6.09. The van der Waals surface area contributed by atoms with Gasteiger partial charge in [-0.3, -0.25) is 0 Å². The molecule has 2 heteroatoms. The van der Waals surface area contributed by atoms with E-state index >= 15 is 0 Å². The van der Waals surface area contributed by atoms with Crippen LogP contribution in [0.2, 0.25) is 0 Å². The van der Waals surface area contributed by atoms with Crippen LogP contribution in [0.3, 0.4) is 0 Å². The molecule has 0 aromatic heterocycles. The summed E-state index contributed by atoms with van der Waals surface area (Å²) in [6.45, 7) is 14.2. The summed E-state index contributed by atoms with van der Waals surface area (Å²) in [5.41, 5.74) is 0. The molecule has 3 unspecified atom stereocenters. The summed E-state index contributed by atoms with van der Waals surface area (Å²) in [4.78, 5) is 2.66. The van der Waals surface area contributed by atoms with E-state index in [2.05, 4.69) is 37.9 Å².